The van der Waals surface area contributed by atoms with Crippen LogP contribution in [0.4, 0.5) is 0 Å². The Morgan fingerprint density at radius 2 is 1.91 bits per heavy atom. The third kappa shape index (κ3) is 7.82. The molecule has 0 aliphatic carbocycles. The molecule has 0 fully saturated rings. The van der Waals surface area contributed by atoms with Gasteiger partial charge in [0.1, 0.15) is 0 Å². The van der Waals surface area contributed by atoms with E-state index in [1.807, 2.05) is 6.92 Å². The van der Waals surface area contributed by atoms with E-state index < -0.39 is 6.29 Å². The van der Waals surface area contributed by atoms with E-state index in [4.69, 9.17) is 4.74 Å². The molecule has 2 nitrogen and oxygen atoms in total. The van der Waals surface area contributed by atoms with Gasteiger partial charge in [0.15, 0.2) is 6.29 Å². The molecule has 0 aliphatic heterocycles. The van der Waals surface area contributed by atoms with Crippen molar-refractivity contribution >= 4 is 0 Å². The lowest BCUT2D eigenvalue weighted by Gasteiger charge is -2.19. The van der Waals surface area contributed by atoms with Gasteiger partial charge in [0, 0.05) is 6.42 Å². The highest BCUT2D eigenvalue weighted by Crippen LogP contribution is 2.14. The van der Waals surface area contributed by atoms with Crippen molar-refractivity contribution in [3.8, 4) is 0 Å². The zero-order valence-electron chi connectivity index (χ0n) is 8.02. The van der Waals surface area contributed by atoms with Crippen molar-refractivity contribution in [2.24, 2.45) is 5.41 Å². The van der Waals surface area contributed by atoms with Crippen LogP contribution in [0.5, 0.6) is 0 Å². The van der Waals surface area contributed by atoms with Gasteiger partial charge in [0.05, 0.1) is 6.61 Å². The fourth-order valence-corrected chi connectivity index (χ4v) is 0.662. The number of rotatable bonds is 4. The van der Waals surface area contributed by atoms with Crippen molar-refractivity contribution in [2.75, 3.05) is 6.61 Å². The van der Waals surface area contributed by atoms with Crippen LogP contribution in [0, 0.1) is 5.41 Å². The van der Waals surface area contributed by atoms with Crippen molar-refractivity contribution in [1.29, 1.82) is 0 Å². The Hall–Kier alpha value is -0.0800. The van der Waals surface area contributed by atoms with Gasteiger partial charge < -0.3 is 4.74 Å². The molecule has 0 rings (SSSR count). The molecular formula is C9H19O2. The van der Waals surface area contributed by atoms with Crippen molar-refractivity contribution < 1.29 is 9.84 Å². The summed E-state index contributed by atoms with van der Waals surface area (Å²) in [5.74, 6) is 0. The van der Waals surface area contributed by atoms with E-state index in [1.54, 1.807) is 0 Å². The third-order valence-electron chi connectivity index (χ3n) is 1.23. The molecule has 1 radical (unpaired) electrons. The zero-order valence-corrected chi connectivity index (χ0v) is 8.02. The molecule has 0 aliphatic rings. The Balaban J connectivity index is 3.38. The minimum Gasteiger partial charge on any atom is -0.349 e. The highest BCUT2D eigenvalue weighted by molar-refractivity contribution is 4.59. The second kappa shape index (κ2) is 4.73. The normalized spacial score (nSPS) is 15.0. The van der Waals surface area contributed by atoms with E-state index in [9.17, 15) is 5.11 Å². The van der Waals surface area contributed by atoms with Gasteiger partial charge in [-0.2, -0.15) is 0 Å². The molecule has 0 spiro atoms. The highest BCUT2D eigenvalue weighted by Gasteiger charge is 2.13. The molecule has 0 N–H and O–H groups in total. The average Bonchev–Trinajstić information content (AvgIpc) is 1.83. The summed E-state index contributed by atoms with van der Waals surface area (Å²) < 4.78 is 5.09. The van der Waals surface area contributed by atoms with Gasteiger partial charge in [-0.1, -0.05) is 34.1 Å². The molecular weight excluding hydrogens is 140 g/mol. The quantitative estimate of drug-likeness (QED) is 0.580. The second-order valence-electron chi connectivity index (χ2n) is 4.09. The molecule has 0 amide bonds. The van der Waals surface area contributed by atoms with Crippen LogP contribution in [-0.2, 0) is 9.84 Å². The van der Waals surface area contributed by atoms with Crippen LogP contribution in [0.25, 0.3) is 0 Å². The van der Waals surface area contributed by atoms with Crippen molar-refractivity contribution in [3.05, 3.63) is 0 Å². The first-order chi connectivity index (χ1) is 4.95. The molecule has 67 valence electrons. The minimum atomic E-state index is -0.820. The maximum atomic E-state index is 11.0. The van der Waals surface area contributed by atoms with E-state index in [1.165, 1.54) is 0 Å². The van der Waals surface area contributed by atoms with Gasteiger partial charge in [-0.15, -0.1) is 0 Å². The first-order valence-electron chi connectivity index (χ1n) is 4.23. The van der Waals surface area contributed by atoms with E-state index in [2.05, 4.69) is 20.8 Å². The van der Waals surface area contributed by atoms with E-state index in [0.717, 1.165) is 6.42 Å². The molecule has 0 bridgehead atoms. The Morgan fingerprint density at radius 1 is 1.36 bits per heavy atom. The summed E-state index contributed by atoms with van der Waals surface area (Å²) >= 11 is 0. The lowest BCUT2D eigenvalue weighted by molar-refractivity contribution is -0.158. The maximum absolute atomic E-state index is 11.0. The molecule has 2 heteroatoms. The van der Waals surface area contributed by atoms with Crippen LogP contribution in [-0.4, -0.2) is 12.9 Å². The van der Waals surface area contributed by atoms with Gasteiger partial charge in [0.2, 0.25) is 0 Å². The predicted octanol–water partition coefficient (Wildman–Crippen LogP) is 2.61. The molecule has 0 saturated heterocycles. The fraction of sp³-hybridized carbons (Fsp3) is 1.00. The maximum Gasteiger partial charge on any atom is 0.191 e. The van der Waals surface area contributed by atoms with Gasteiger partial charge in [0.25, 0.3) is 0 Å². The van der Waals surface area contributed by atoms with Gasteiger partial charge in [-0.05, 0) is 5.41 Å². The number of hydrogen-bond acceptors (Lipinski definition) is 1. The van der Waals surface area contributed by atoms with Gasteiger partial charge in [-0.25, -0.2) is 5.11 Å². The van der Waals surface area contributed by atoms with Crippen molar-refractivity contribution in [1.82, 2.24) is 0 Å². The van der Waals surface area contributed by atoms with E-state index >= 15 is 0 Å². The summed E-state index contributed by atoms with van der Waals surface area (Å²) in [6, 6.07) is 0. The Morgan fingerprint density at radius 3 is 2.27 bits per heavy atom. The van der Waals surface area contributed by atoms with E-state index in [0.29, 0.717) is 13.0 Å². The van der Waals surface area contributed by atoms with Crippen molar-refractivity contribution in [3.63, 3.8) is 0 Å². The standard InChI is InChI=1S/C9H19O2/c1-5-6-8(10)11-7-9(2,3)4/h8H,5-7H2,1-4H3. The first-order valence-corrected chi connectivity index (χ1v) is 4.23. The van der Waals surface area contributed by atoms with Crippen LogP contribution in [0.2, 0.25) is 0 Å². The van der Waals surface area contributed by atoms with E-state index in [-0.39, 0.29) is 5.41 Å². The molecule has 0 aromatic heterocycles. The van der Waals surface area contributed by atoms with Crippen molar-refractivity contribution in [2.45, 2.75) is 46.8 Å². The molecule has 0 heterocycles. The lowest BCUT2D eigenvalue weighted by Crippen LogP contribution is -2.20. The lowest BCUT2D eigenvalue weighted by atomic mass is 9.99. The molecule has 1 atom stereocenters. The van der Waals surface area contributed by atoms with Crippen LogP contribution in [0.15, 0.2) is 0 Å². The average molecular weight is 159 g/mol. The summed E-state index contributed by atoms with van der Waals surface area (Å²) in [7, 11) is 0. The van der Waals surface area contributed by atoms with Gasteiger partial charge >= 0.3 is 0 Å². The summed E-state index contributed by atoms with van der Waals surface area (Å²) in [4.78, 5) is 0. The highest BCUT2D eigenvalue weighted by atomic mass is 16.6. The Labute approximate surface area is 69.6 Å². The third-order valence-corrected chi connectivity index (χ3v) is 1.23. The SMILES string of the molecule is CCCC([O])OCC(C)(C)C. The number of ether oxygens (including phenoxy) is 1. The summed E-state index contributed by atoms with van der Waals surface area (Å²) in [5, 5.41) is 11.0. The molecule has 11 heavy (non-hydrogen) atoms. The largest absolute Gasteiger partial charge is 0.349 e. The predicted molar refractivity (Wildman–Crippen MR) is 44.8 cm³/mol. The molecule has 0 aromatic rings. The molecule has 0 aromatic carbocycles. The second-order valence-corrected chi connectivity index (χ2v) is 4.09. The minimum absolute atomic E-state index is 0.108. The van der Waals surface area contributed by atoms with Crippen LogP contribution in [0.3, 0.4) is 0 Å². The summed E-state index contributed by atoms with van der Waals surface area (Å²) in [6.45, 7) is 8.73. The topological polar surface area (TPSA) is 29.1 Å². The Kier molecular flexibility index (Phi) is 4.69. The summed E-state index contributed by atoms with van der Waals surface area (Å²) in [5.41, 5.74) is 0.108. The fourth-order valence-electron chi connectivity index (χ4n) is 0.662. The molecule has 0 saturated carbocycles. The van der Waals surface area contributed by atoms with Crippen LogP contribution >= 0.6 is 0 Å². The van der Waals surface area contributed by atoms with Gasteiger partial charge in [-0.3, -0.25) is 0 Å². The van der Waals surface area contributed by atoms with Crippen LogP contribution < -0.4 is 0 Å². The molecule has 1 unspecified atom stereocenters. The monoisotopic (exact) mass is 159 g/mol. The first kappa shape index (κ1) is 10.9. The van der Waals surface area contributed by atoms with Crippen LogP contribution in [0.1, 0.15) is 40.5 Å². The number of hydrogen-bond donors (Lipinski definition) is 0. The Bertz CT molecular complexity index is 94.2. The zero-order chi connectivity index (χ0) is 8.91. The summed E-state index contributed by atoms with van der Waals surface area (Å²) in [6.07, 6.45) is 0.702. The smallest absolute Gasteiger partial charge is 0.191 e.